The minimum absolute atomic E-state index is 0.0234. The second kappa shape index (κ2) is 6.57. The van der Waals surface area contributed by atoms with E-state index in [-0.39, 0.29) is 21.8 Å². The van der Waals surface area contributed by atoms with Crippen LogP contribution in [0.1, 0.15) is 6.92 Å². The molecule has 2 N–H and O–H groups in total. The molecule has 1 unspecified atom stereocenters. The summed E-state index contributed by atoms with van der Waals surface area (Å²) in [5.41, 5.74) is 5.16. The molecule has 0 aliphatic rings. The molecule has 1 aromatic carbocycles. The largest absolute Gasteiger partial charge is 0.395 e. The number of nitrogen functional groups attached to an aromatic ring is 1. The SMILES string of the molecule is COCC(C)N(C)S(=O)(=O)c1cc(Cl)c(Br)c(N)c1F. The van der Waals surface area contributed by atoms with E-state index in [1.165, 1.54) is 14.2 Å². The van der Waals surface area contributed by atoms with Crippen LogP contribution in [0.2, 0.25) is 5.02 Å². The molecule has 0 radical (unpaired) electrons. The van der Waals surface area contributed by atoms with Crippen LogP contribution in [-0.4, -0.2) is 39.5 Å². The van der Waals surface area contributed by atoms with E-state index in [0.29, 0.717) is 0 Å². The number of nitrogens with zero attached hydrogens (tertiary/aromatic N) is 1. The summed E-state index contributed by atoms with van der Waals surface area (Å²) in [6.45, 7) is 1.82. The fourth-order valence-corrected chi connectivity index (χ4v) is 3.54. The first kappa shape index (κ1) is 17.6. The lowest BCUT2D eigenvalue weighted by atomic mass is 10.3. The topological polar surface area (TPSA) is 72.6 Å². The van der Waals surface area contributed by atoms with E-state index < -0.39 is 26.8 Å². The highest BCUT2D eigenvalue weighted by atomic mass is 79.9. The average Bonchev–Trinajstić information content (AvgIpc) is 2.39. The Hall–Kier alpha value is -0.410. The van der Waals surface area contributed by atoms with Gasteiger partial charge in [0, 0.05) is 20.2 Å². The molecule has 1 atom stereocenters. The quantitative estimate of drug-likeness (QED) is 0.620. The van der Waals surface area contributed by atoms with Crippen molar-refractivity contribution in [3.05, 3.63) is 21.4 Å². The Labute approximate surface area is 131 Å². The zero-order valence-corrected chi connectivity index (χ0v) is 14.3. The van der Waals surface area contributed by atoms with E-state index in [1.54, 1.807) is 6.92 Å². The maximum atomic E-state index is 14.1. The minimum Gasteiger partial charge on any atom is -0.395 e. The first-order valence-corrected chi connectivity index (χ1v) is 8.15. The van der Waals surface area contributed by atoms with Gasteiger partial charge in [0.1, 0.15) is 4.90 Å². The van der Waals surface area contributed by atoms with Gasteiger partial charge in [0.15, 0.2) is 5.82 Å². The van der Waals surface area contributed by atoms with Crippen molar-refractivity contribution in [3.8, 4) is 0 Å². The number of hydrogen-bond acceptors (Lipinski definition) is 4. The third kappa shape index (κ3) is 3.25. The Morgan fingerprint density at radius 2 is 2.15 bits per heavy atom. The number of anilines is 1. The Balaban J connectivity index is 3.37. The summed E-state index contributed by atoms with van der Waals surface area (Å²) in [4.78, 5) is -0.561. The number of benzene rings is 1. The molecule has 0 saturated heterocycles. The van der Waals surface area contributed by atoms with E-state index in [4.69, 9.17) is 22.1 Å². The van der Waals surface area contributed by atoms with Crippen molar-refractivity contribution < 1.29 is 17.5 Å². The summed E-state index contributed by atoms with van der Waals surface area (Å²) in [6.07, 6.45) is 0. The maximum absolute atomic E-state index is 14.1. The molecule has 1 aromatic rings. The zero-order valence-electron chi connectivity index (χ0n) is 11.2. The van der Waals surface area contributed by atoms with Gasteiger partial charge in [0.2, 0.25) is 10.0 Å². The zero-order chi connectivity index (χ0) is 15.7. The summed E-state index contributed by atoms with van der Waals surface area (Å²) in [6, 6.07) is 0.566. The number of methoxy groups -OCH3 is 1. The van der Waals surface area contributed by atoms with Gasteiger partial charge in [-0.3, -0.25) is 0 Å². The normalized spacial score (nSPS) is 13.8. The lowest BCUT2D eigenvalue weighted by Gasteiger charge is -2.24. The van der Waals surface area contributed by atoms with Gasteiger partial charge in [-0.15, -0.1) is 0 Å². The van der Waals surface area contributed by atoms with Gasteiger partial charge in [-0.25, -0.2) is 12.8 Å². The Bertz CT molecular complexity index is 612. The van der Waals surface area contributed by atoms with Gasteiger partial charge in [-0.1, -0.05) is 11.6 Å². The number of rotatable bonds is 5. The van der Waals surface area contributed by atoms with Crippen molar-refractivity contribution in [2.75, 3.05) is 26.5 Å². The maximum Gasteiger partial charge on any atom is 0.246 e. The Morgan fingerprint density at radius 3 is 2.65 bits per heavy atom. The van der Waals surface area contributed by atoms with Crippen molar-refractivity contribution >= 4 is 43.2 Å². The lowest BCUT2D eigenvalue weighted by Crippen LogP contribution is -2.38. The second-order valence-electron chi connectivity index (χ2n) is 4.22. The lowest BCUT2D eigenvalue weighted by molar-refractivity contribution is 0.149. The van der Waals surface area contributed by atoms with Crippen LogP contribution in [-0.2, 0) is 14.8 Å². The molecule has 0 aliphatic carbocycles. The minimum atomic E-state index is -4.06. The number of ether oxygens (including phenoxy) is 1. The molecular formula is C11H15BrClFN2O3S. The van der Waals surface area contributed by atoms with Gasteiger partial charge >= 0.3 is 0 Å². The first-order valence-electron chi connectivity index (χ1n) is 5.54. The van der Waals surface area contributed by atoms with E-state index in [0.717, 1.165) is 10.4 Å². The van der Waals surface area contributed by atoms with E-state index in [2.05, 4.69) is 15.9 Å². The monoisotopic (exact) mass is 388 g/mol. The van der Waals surface area contributed by atoms with Gasteiger partial charge < -0.3 is 10.5 Å². The highest BCUT2D eigenvalue weighted by Crippen LogP contribution is 2.35. The molecule has 1 rings (SSSR count). The van der Waals surface area contributed by atoms with Crippen molar-refractivity contribution in [3.63, 3.8) is 0 Å². The van der Waals surface area contributed by atoms with Gasteiger partial charge in [-0.2, -0.15) is 4.31 Å². The first-order chi connectivity index (χ1) is 9.14. The van der Waals surface area contributed by atoms with E-state index >= 15 is 0 Å². The molecule has 0 bridgehead atoms. The highest BCUT2D eigenvalue weighted by molar-refractivity contribution is 9.10. The van der Waals surface area contributed by atoms with Gasteiger partial charge in [-0.05, 0) is 28.9 Å². The van der Waals surface area contributed by atoms with Crippen molar-refractivity contribution in [2.24, 2.45) is 0 Å². The summed E-state index contributed by atoms with van der Waals surface area (Å²) >= 11 is 8.84. The number of hydrogen-bond donors (Lipinski definition) is 1. The molecule has 20 heavy (non-hydrogen) atoms. The van der Waals surface area contributed by atoms with Crippen molar-refractivity contribution in [2.45, 2.75) is 17.9 Å². The molecular weight excluding hydrogens is 375 g/mol. The van der Waals surface area contributed by atoms with Crippen LogP contribution in [0.15, 0.2) is 15.4 Å². The molecule has 0 heterocycles. The van der Waals surface area contributed by atoms with Gasteiger partial charge in [0.25, 0.3) is 0 Å². The molecule has 0 saturated carbocycles. The Morgan fingerprint density at radius 1 is 1.60 bits per heavy atom. The van der Waals surface area contributed by atoms with Gasteiger partial charge in [0.05, 0.1) is 21.8 Å². The van der Waals surface area contributed by atoms with Crippen LogP contribution in [0.3, 0.4) is 0 Å². The molecule has 9 heteroatoms. The van der Waals surface area contributed by atoms with E-state index in [1.807, 2.05) is 0 Å². The summed E-state index contributed by atoms with van der Waals surface area (Å²) in [7, 11) is -1.27. The van der Waals surface area contributed by atoms with Crippen LogP contribution in [0.25, 0.3) is 0 Å². The predicted octanol–water partition coefficient (Wildman–Crippen LogP) is 2.48. The fourth-order valence-electron chi connectivity index (χ4n) is 1.53. The standard InChI is InChI=1S/C11H15BrClFN2O3S/c1-6(5-19-3)16(2)20(17,18)8-4-7(13)9(12)11(15)10(8)14/h4,6H,5,15H2,1-3H3. The summed E-state index contributed by atoms with van der Waals surface area (Å²) in [5, 5.41) is 0.0234. The highest BCUT2D eigenvalue weighted by Gasteiger charge is 2.30. The Kier molecular flexibility index (Phi) is 5.79. The molecule has 5 nitrogen and oxygen atoms in total. The summed E-state index contributed by atoms with van der Waals surface area (Å²) < 4.78 is 44.9. The third-order valence-corrected chi connectivity index (χ3v) is 6.19. The molecule has 114 valence electrons. The predicted molar refractivity (Wildman–Crippen MR) is 79.8 cm³/mol. The van der Waals surface area contributed by atoms with Crippen molar-refractivity contribution in [1.29, 1.82) is 0 Å². The second-order valence-corrected chi connectivity index (χ2v) is 7.39. The molecule has 0 fully saturated rings. The van der Waals surface area contributed by atoms with Crippen LogP contribution in [0, 0.1) is 5.82 Å². The van der Waals surface area contributed by atoms with Crippen LogP contribution in [0.4, 0.5) is 10.1 Å². The smallest absolute Gasteiger partial charge is 0.246 e. The molecule has 0 amide bonds. The fraction of sp³-hybridized carbons (Fsp3) is 0.455. The van der Waals surface area contributed by atoms with Crippen LogP contribution < -0.4 is 5.73 Å². The van der Waals surface area contributed by atoms with Crippen molar-refractivity contribution in [1.82, 2.24) is 4.31 Å². The number of likely N-dealkylation sites (N-methyl/N-ethyl adjacent to an activating group) is 1. The van der Waals surface area contributed by atoms with Crippen LogP contribution in [0.5, 0.6) is 0 Å². The molecule has 0 spiro atoms. The van der Waals surface area contributed by atoms with E-state index in [9.17, 15) is 12.8 Å². The third-order valence-electron chi connectivity index (χ3n) is 2.84. The summed E-state index contributed by atoms with van der Waals surface area (Å²) in [5.74, 6) is -1.03. The number of sulfonamides is 1. The molecule has 0 aromatic heterocycles. The average molecular weight is 390 g/mol. The number of nitrogens with two attached hydrogens (primary N) is 1. The molecule has 0 aliphatic heterocycles. The number of halogens is 3. The van der Waals surface area contributed by atoms with Crippen LogP contribution >= 0.6 is 27.5 Å².